The molecule has 0 aromatic heterocycles. The first-order chi connectivity index (χ1) is 53.7. The van der Waals surface area contributed by atoms with E-state index in [-0.39, 0.29) is 25.7 Å². The summed E-state index contributed by atoms with van der Waals surface area (Å²) in [5.41, 5.74) is 0. The van der Waals surface area contributed by atoms with Crippen LogP contribution in [0, 0.1) is 0 Å². The molecule has 0 aromatic rings. The molecule has 110 heavy (non-hydrogen) atoms. The molecular weight excluding hydrogens is 1430 g/mol. The Labute approximate surface area is 670 Å². The van der Waals surface area contributed by atoms with Crippen LogP contribution in [0.2, 0.25) is 0 Å². The van der Waals surface area contributed by atoms with E-state index in [0.717, 1.165) is 205 Å². The minimum Gasteiger partial charge on any atom is -0.462 e. The third-order valence-corrected chi connectivity index (χ3v) is 20.6. The van der Waals surface area contributed by atoms with Crippen LogP contribution in [-0.4, -0.2) is 96.7 Å². The molecule has 5 atom stereocenters. The lowest BCUT2D eigenvalue weighted by Crippen LogP contribution is -2.30. The predicted molar refractivity (Wildman–Crippen MR) is 455 cm³/mol. The fraction of sp³-hybridized carbons (Fsp3) is 0.758. The summed E-state index contributed by atoms with van der Waals surface area (Å²) >= 11 is 0. The molecule has 17 nitrogen and oxygen atoms in total. The number of allylic oxidation sites excluding steroid dienone is 18. The number of phosphoric acid groups is 2. The number of hydrogen-bond acceptors (Lipinski definition) is 15. The highest BCUT2D eigenvalue weighted by Gasteiger charge is 2.30. The van der Waals surface area contributed by atoms with Crippen LogP contribution in [0.3, 0.4) is 0 Å². The van der Waals surface area contributed by atoms with Crippen molar-refractivity contribution in [3.8, 4) is 0 Å². The Balaban J connectivity index is 5.38. The van der Waals surface area contributed by atoms with Crippen LogP contribution < -0.4 is 0 Å². The van der Waals surface area contributed by atoms with Gasteiger partial charge in [-0.05, 0) is 135 Å². The topological polar surface area (TPSA) is 237 Å². The summed E-state index contributed by atoms with van der Waals surface area (Å²) in [6, 6.07) is 0. The largest absolute Gasteiger partial charge is 0.472 e. The smallest absolute Gasteiger partial charge is 0.462 e. The minimum atomic E-state index is -4.99. The summed E-state index contributed by atoms with van der Waals surface area (Å²) in [7, 11) is -9.97. The second-order valence-corrected chi connectivity index (χ2v) is 32.4. The molecule has 0 aromatic carbocycles. The second-order valence-electron chi connectivity index (χ2n) is 29.5. The number of phosphoric ester groups is 2. The monoisotopic (exact) mass is 1590 g/mol. The van der Waals surface area contributed by atoms with E-state index in [0.29, 0.717) is 25.7 Å². The Morgan fingerprint density at radius 1 is 0.264 bits per heavy atom. The molecular formula is C91H160O17P2. The number of esters is 4. The number of rotatable bonds is 83. The molecule has 19 heteroatoms. The molecule has 0 bridgehead atoms. The highest BCUT2D eigenvalue weighted by atomic mass is 31.2. The van der Waals surface area contributed by atoms with E-state index >= 15 is 0 Å². The third kappa shape index (κ3) is 81.7. The SMILES string of the molecule is CC/C=C\C/C=C\C/C=C\CCCCCCCCCC(=O)OC(COC(=O)CCCCCCCC/C=C\C/C=C\C/C=C\CCCCC)COP(=O)(O)OCC(O)COP(=O)(O)OCC(COC(=O)CCCCCCCC/C=C\C/C=C\C/C=C\CCCCC)OC(=O)CCCCCCCCCCCCCCCCC. The van der Waals surface area contributed by atoms with Crippen molar-refractivity contribution in [3.05, 3.63) is 109 Å². The Kier molecular flexibility index (Phi) is 79.5. The van der Waals surface area contributed by atoms with Gasteiger partial charge in [-0.15, -0.1) is 0 Å². The second kappa shape index (κ2) is 82.7. The van der Waals surface area contributed by atoms with Gasteiger partial charge in [0.05, 0.1) is 26.4 Å². The average molecular weight is 1590 g/mol. The maximum Gasteiger partial charge on any atom is 0.472 e. The highest BCUT2D eigenvalue weighted by Crippen LogP contribution is 2.45. The van der Waals surface area contributed by atoms with Crippen molar-refractivity contribution in [2.24, 2.45) is 0 Å². The molecule has 3 N–H and O–H groups in total. The maximum absolute atomic E-state index is 13.2. The Morgan fingerprint density at radius 3 is 0.745 bits per heavy atom. The molecule has 0 radical (unpaired) electrons. The molecule has 0 rings (SSSR count). The number of aliphatic hydroxyl groups excluding tert-OH is 1. The lowest BCUT2D eigenvalue weighted by atomic mass is 10.0. The fourth-order valence-corrected chi connectivity index (χ4v) is 13.6. The molecule has 0 aliphatic heterocycles. The summed E-state index contributed by atoms with van der Waals surface area (Å²) in [5.74, 6) is -2.19. The summed E-state index contributed by atoms with van der Waals surface area (Å²) in [4.78, 5) is 73.4. The van der Waals surface area contributed by atoms with Gasteiger partial charge in [0, 0.05) is 25.7 Å². The van der Waals surface area contributed by atoms with Crippen molar-refractivity contribution in [2.45, 2.75) is 406 Å². The summed E-state index contributed by atoms with van der Waals surface area (Å²) < 4.78 is 68.9. The van der Waals surface area contributed by atoms with Gasteiger partial charge in [0.1, 0.15) is 19.3 Å². The van der Waals surface area contributed by atoms with E-state index < -0.39 is 97.5 Å². The first kappa shape index (κ1) is 106. The Hall–Kier alpha value is -4.28. The van der Waals surface area contributed by atoms with Gasteiger partial charge in [0.15, 0.2) is 12.2 Å². The van der Waals surface area contributed by atoms with Gasteiger partial charge >= 0.3 is 39.5 Å². The zero-order valence-corrected chi connectivity index (χ0v) is 71.7. The van der Waals surface area contributed by atoms with Gasteiger partial charge in [-0.1, -0.05) is 336 Å². The first-order valence-electron chi connectivity index (χ1n) is 44.1. The van der Waals surface area contributed by atoms with Crippen LogP contribution in [0.5, 0.6) is 0 Å². The Morgan fingerprint density at radius 2 is 0.473 bits per heavy atom. The van der Waals surface area contributed by atoms with Crippen LogP contribution in [0.1, 0.15) is 387 Å². The van der Waals surface area contributed by atoms with E-state index in [1.54, 1.807) is 0 Å². The van der Waals surface area contributed by atoms with Gasteiger partial charge in [0.25, 0.3) is 0 Å². The molecule has 0 saturated carbocycles. The lowest BCUT2D eigenvalue weighted by molar-refractivity contribution is -0.161. The molecule has 0 heterocycles. The molecule has 0 saturated heterocycles. The minimum absolute atomic E-state index is 0.0803. The number of carbonyl (C=O) groups excluding carboxylic acids is 4. The average Bonchev–Trinajstić information content (AvgIpc) is 0.906. The zero-order valence-electron chi connectivity index (χ0n) is 69.9. The molecule has 0 spiro atoms. The lowest BCUT2D eigenvalue weighted by Gasteiger charge is -2.21. The molecule has 0 aliphatic carbocycles. The maximum atomic E-state index is 13.2. The quantitative estimate of drug-likeness (QED) is 0.0169. The van der Waals surface area contributed by atoms with E-state index in [4.69, 9.17) is 37.0 Å². The third-order valence-electron chi connectivity index (χ3n) is 18.7. The van der Waals surface area contributed by atoms with E-state index in [9.17, 15) is 43.2 Å². The van der Waals surface area contributed by atoms with E-state index in [1.807, 2.05) is 0 Å². The van der Waals surface area contributed by atoms with Gasteiger partial charge < -0.3 is 33.8 Å². The van der Waals surface area contributed by atoms with Crippen molar-refractivity contribution in [1.29, 1.82) is 0 Å². The molecule has 0 aliphatic rings. The number of carbonyl (C=O) groups is 4. The number of ether oxygens (including phenoxy) is 4. The van der Waals surface area contributed by atoms with E-state index in [1.165, 1.54) is 103 Å². The first-order valence-corrected chi connectivity index (χ1v) is 47.1. The van der Waals surface area contributed by atoms with Gasteiger partial charge in [-0.3, -0.25) is 37.3 Å². The predicted octanol–water partition coefficient (Wildman–Crippen LogP) is 26.5. The van der Waals surface area contributed by atoms with E-state index in [2.05, 4.69) is 137 Å². The number of aliphatic hydroxyl groups is 1. The molecule has 636 valence electrons. The fourth-order valence-electron chi connectivity index (χ4n) is 12.0. The Bertz CT molecular complexity index is 2500. The van der Waals surface area contributed by atoms with Gasteiger partial charge in [0.2, 0.25) is 0 Å². The highest BCUT2D eigenvalue weighted by molar-refractivity contribution is 7.47. The van der Waals surface area contributed by atoms with Crippen LogP contribution >= 0.6 is 15.6 Å². The van der Waals surface area contributed by atoms with Crippen molar-refractivity contribution in [2.75, 3.05) is 39.6 Å². The zero-order chi connectivity index (χ0) is 80.3. The van der Waals surface area contributed by atoms with Gasteiger partial charge in [-0.25, -0.2) is 9.13 Å². The summed E-state index contributed by atoms with van der Waals surface area (Å²) in [5, 5.41) is 10.7. The molecule has 0 amide bonds. The normalized spacial score (nSPS) is 14.3. The van der Waals surface area contributed by atoms with Crippen LogP contribution in [0.15, 0.2) is 109 Å². The van der Waals surface area contributed by atoms with Crippen LogP contribution in [-0.2, 0) is 65.4 Å². The summed E-state index contributed by atoms with van der Waals surface area (Å²) in [6.45, 7) is 4.75. The number of unbranched alkanes of at least 4 members (excludes halogenated alkanes) is 39. The van der Waals surface area contributed by atoms with Crippen LogP contribution in [0.4, 0.5) is 0 Å². The van der Waals surface area contributed by atoms with Crippen LogP contribution in [0.25, 0.3) is 0 Å². The van der Waals surface area contributed by atoms with Crippen molar-refractivity contribution in [3.63, 3.8) is 0 Å². The van der Waals surface area contributed by atoms with Gasteiger partial charge in [-0.2, -0.15) is 0 Å². The summed E-state index contributed by atoms with van der Waals surface area (Å²) in [6.07, 6.45) is 91.7. The molecule has 5 unspecified atom stereocenters. The van der Waals surface area contributed by atoms with Crippen molar-refractivity contribution in [1.82, 2.24) is 0 Å². The number of hydrogen-bond donors (Lipinski definition) is 3. The molecule has 0 fully saturated rings. The van der Waals surface area contributed by atoms with Crippen molar-refractivity contribution >= 4 is 39.5 Å². The standard InChI is InChI=1S/C91H160O17P2/c1-5-9-13-17-21-25-29-33-37-40-42-45-48-51-55-59-63-67-71-75-88(93)101-81-86(107-90(95)77-73-69-65-61-57-53-47-36-32-28-24-20-16-12-8-4)83-105-109(97,98)103-79-85(92)80-104-110(99,100)106-84-87(108-91(96)78-74-70-66-62-58-54-50-44-39-35-31-27-23-19-15-11-7-3)82-102-89(94)76-72-68-64-60-56-52-49-46-43-41-38-34-30-26-22-18-14-10-6-2/h11,15,21-23,25-27,33-35,37-39,42-43,45-46,85-87,92H,5-10,12-14,16-20,24,28-32,36,40-41,44,47-84H2,1-4H3,(H,97,98)(H,99,100)/b15-11-,25-21-,26-22-,27-23-,37-33-,38-34-,39-35-,45-42-,46-43-. The van der Waals surface area contributed by atoms with Crippen molar-refractivity contribution < 1.29 is 80.2 Å².